The third-order valence-corrected chi connectivity index (χ3v) is 3.06. The van der Waals surface area contributed by atoms with E-state index in [1.807, 2.05) is 0 Å². The molecule has 0 spiro atoms. The number of hydrogen-bond acceptors (Lipinski definition) is 4. The number of aromatic nitrogens is 1. The average molecular weight is 289 g/mol. The molecule has 1 amide bonds. The van der Waals surface area contributed by atoms with Crippen molar-refractivity contribution in [3.63, 3.8) is 0 Å². The number of nitrogens with one attached hydrogen (secondary N) is 2. The molecule has 2 N–H and O–H groups in total. The van der Waals surface area contributed by atoms with Crippen LogP contribution in [0.15, 0.2) is 18.3 Å². The fourth-order valence-electron chi connectivity index (χ4n) is 1.95. The summed E-state index contributed by atoms with van der Waals surface area (Å²) in [7, 11) is 1.56. The van der Waals surface area contributed by atoms with Crippen LogP contribution in [0, 0.1) is 0 Å². The molecular formula is C12H14F3N3O2. The Balaban J connectivity index is 1.95. The van der Waals surface area contributed by atoms with E-state index in [0.717, 1.165) is 12.3 Å². The molecule has 1 aromatic rings. The fourth-order valence-corrected chi connectivity index (χ4v) is 1.95. The summed E-state index contributed by atoms with van der Waals surface area (Å²) in [4.78, 5) is 15.2. The van der Waals surface area contributed by atoms with Crippen molar-refractivity contribution in [3.8, 4) is 0 Å². The van der Waals surface area contributed by atoms with Gasteiger partial charge in [-0.3, -0.25) is 4.79 Å². The average Bonchev–Trinajstić information content (AvgIpc) is 2.87. The van der Waals surface area contributed by atoms with Crippen molar-refractivity contribution < 1.29 is 22.7 Å². The van der Waals surface area contributed by atoms with Crippen molar-refractivity contribution in [1.29, 1.82) is 0 Å². The zero-order valence-corrected chi connectivity index (χ0v) is 10.7. The maximum Gasteiger partial charge on any atom is 0.433 e. The number of alkyl halides is 3. The molecule has 0 bridgehead atoms. The van der Waals surface area contributed by atoms with Crippen LogP contribution in [0.3, 0.4) is 0 Å². The van der Waals surface area contributed by atoms with E-state index >= 15 is 0 Å². The smallest absolute Gasteiger partial charge is 0.380 e. The number of ether oxygens (including phenoxy) is 1. The summed E-state index contributed by atoms with van der Waals surface area (Å²) < 4.78 is 42.1. The Labute approximate surface area is 113 Å². The molecule has 1 fully saturated rings. The molecule has 1 aromatic heterocycles. The molecule has 110 valence electrons. The molecule has 2 atom stereocenters. The molecule has 0 radical (unpaired) electrons. The highest BCUT2D eigenvalue weighted by atomic mass is 19.4. The summed E-state index contributed by atoms with van der Waals surface area (Å²) in [6, 6.07) is 1.59. The number of carbonyl (C=O) groups excluding carboxylic acids is 1. The monoisotopic (exact) mass is 289 g/mol. The molecule has 1 aliphatic rings. The number of halogens is 3. The number of carbonyl (C=O) groups is 1. The number of hydrogen-bond donors (Lipinski definition) is 2. The van der Waals surface area contributed by atoms with Gasteiger partial charge in [0.05, 0.1) is 24.0 Å². The minimum atomic E-state index is -4.48. The number of anilines is 1. The number of methoxy groups -OCH3 is 1. The van der Waals surface area contributed by atoms with E-state index in [0.29, 0.717) is 13.0 Å². The molecule has 0 aromatic carbocycles. The highest BCUT2D eigenvalue weighted by Crippen LogP contribution is 2.27. The van der Waals surface area contributed by atoms with Gasteiger partial charge in [0.25, 0.3) is 0 Å². The number of pyridine rings is 1. The van der Waals surface area contributed by atoms with Crippen molar-refractivity contribution in [1.82, 2.24) is 10.3 Å². The molecule has 5 nitrogen and oxygen atoms in total. The van der Waals surface area contributed by atoms with Gasteiger partial charge >= 0.3 is 6.18 Å². The lowest BCUT2D eigenvalue weighted by molar-refractivity contribution is -0.141. The summed E-state index contributed by atoms with van der Waals surface area (Å²) in [5.41, 5.74) is -0.764. The molecular weight excluding hydrogens is 275 g/mol. The summed E-state index contributed by atoms with van der Waals surface area (Å²) in [5, 5.41) is 5.50. The quantitative estimate of drug-likeness (QED) is 0.883. The lowest BCUT2D eigenvalue weighted by Crippen LogP contribution is -2.35. The molecule has 0 aliphatic carbocycles. The van der Waals surface area contributed by atoms with Gasteiger partial charge in [0.2, 0.25) is 5.91 Å². The normalized spacial score (nSPS) is 22.8. The van der Waals surface area contributed by atoms with Gasteiger partial charge in [0.15, 0.2) is 0 Å². The Kier molecular flexibility index (Phi) is 4.24. The van der Waals surface area contributed by atoms with Crippen LogP contribution in [-0.2, 0) is 15.7 Å². The van der Waals surface area contributed by atoms with E-state index in [2.05, 4.69) is 15.6 Å². The zero-order valence-electron chi connectivity index (χ0n) is 10.7. The largest absolute Gasteiger partial charge is 0.433 e. The summed E-state index contributed by atoms with van der Waals surface area (Å²) in [6.45, 7) is 0.569. The van der Waals surface area contributed by atoms with E-state index in [1.165, 1.54) is 6.07 Å². The highest BCUT2D eigenvalue weighted by molar-refractivity contribution is 5.94. The topological polar surface area (TPSA) is 63.2 Å². The first-order chi connectivity index (χ1) is 9.40. The van der Waals surface area contributed by atoms with Gasteiger partial charge in [0.1, 0.15) is 5.69 Å². The lowest BCUT2D eigenvalue weighted by Gasteiger charge is -2.12. The summed E-state index contributed by atoms with van der Waals surface area (Å²) in [5.74, 6) is -0.314. The van der Waals surface area contributed by atoms with Crippen LogP contribution in [0.5, 0.6) is 0 Å². The Morgan fingerprint density at radius 1 is 1.50 bits per heavy atom. The maximum atomic E-state index is 12.3. The van der Waals surface area contributed by atoms with Gasteiger partial charge < -0.3 is 15.4 Å². The van der Waals surface area contributed by atoms with Crippen LogP contribution in [0.2, 0.25) is 0 Å². The van der Waals surface area contributed by atoms with Crippen LogP contribution in [0.25, 0.3) is 0 Å². The van der Waals surface area contributed by atoms with Crippen molar-refractivity contribution >= 4 is 11.6 Å². The molecule has 0 saturated carbocycles. The number of nitrogens with zero attached hydrogens (tertiary/aromatic N) is 1. The molecule has 20 heavy (non-hydrogen) atoms. The summed E-state index contributed by atoms with van der Waals surface area (Å²) >= 11 is 0. The van der Waals surface area contributed by atoms with Crippen LogP contribution >= 0.6 is 0 Å². The minimum absolute atomic E-state index is 0.0310. The predicted octanol–water partition coefficient (Wildman–Crippen LogP) is 1.42. The van der Waals surface area contributed by atoms with Gasteiger partial charge in [-0.25, -0.2) is 4.98 Å². The first-order valence-electron chi connectivity index (χ1n) is 6.00. The first-order valence-corrected chi connectivity index (χ1v) is 6.00. The summed E-state index contributed by atoms with van der Waals surface area (Å²) in [6.07, 6.45) is -3.00. The van der Waals surface area contributed by atoms with E-state index in [-0.39, 0.29) is 17.7 Å². The van der Waals surface area contributed by atoms with Gasteiger partial charge in [0, 0.05) is 13.7 Å². The first kappa shape index (κ1) is 14.7. The standard InChI is InChI=1S/C12H14F3N3O2/c1-20-8-4-9(16-6-8)11(19)18-7-2-3-10(17-5-7)12(13,14)15/h2-3,5,8-9,16H,4,6H2,1H3,(H,18,19). The van der Waals surface area contributed by atoms with Crippen LogP contribution in [0.4, 0.5) is 18.9 Å². The Bertz CT molecular complexity index is 476. The molecule has 1 aliphatic heterocycles. The van der Waals surface area contributed by atoms with Crippen LogP contribution in [-0.4, -0.2) is 36.7 Å². The van der Waals surface area contributed by atoms with Crippen molar-refractivity contribution in [2.45, 2.75) is 24.7 Å². The van der Waals surface area contributed by atoms with Crippen molar-refractivity contribution in [2.24, 2.45) is 0 Å². The second kappa shape index (κ2) is 5.76. The zero-order chi connectivity index (χ0) is 14.8. The molecule has 2 heterocycles. The third kappa shape index (κ3) is 3.45. The second-order valence-electron chi connectivity index (χ2n) is 4.47. The van der Waals surface area contributed by atoms with Gasteiger partial charge in [-0.15, -0.1) is 0 Å². The van der Waals surface area contributed by atoms with Crippen LogP contribution < -0.4 is 10.6 Å². The van der Waals surface area contributed by atoms with E-state index < -0.39 is 17.9 Å². The minimum Gasteiger partial charge on any atom is -0.380 e. The molecule has 1 saturated heterocycles. The van der Waals surface area contributed by atoms with Gasteiger partial charge in [-0.2, -0.15) is 13.2 Å². The Morgan fingerprint density at radius 2 is 2.25 bits per heavy atom. The van der Waals surface area contributed by atoms with Gasteiger partial charge in [-0.05, 0) is 18.6 Å². The molecule has 8 heteroatoms. The van der Waals surface area contributed by atoms with E-state index in [1.54, 1.807) is 7.11 Å². The Hall–Kier alpha value is -1.67. The molecule has 2 unspecified atom stereocenters. The van der Waals surface area contributed by atoms with Crippen molar-refractivity contribution in [3.05, 3.63) is 24.0 Å². The molecule has 2 rings (SSSR count). The number of amides is 1. The highest BCUT2D eigenvalue weighted by Gasteiger charge is 2.32. The van der Waals surface area contributed by atoms with Gasteiger partial charge in [-0.1, -0.05) is 0 Å². The Morgan fingerprint density at radius 3 is 2.75 bits per heavy atom. The lowest BCUT2D eigenvalue weighted by atomic mass is 10.2. The van der Waals surface area contributed by atoms with Crippen LogP contribution in [0.1, 0.15) is 12.1 Å². The maximum absolute atomic E-state index is 12.3. The predicted molar refractivity (Wildman–Crippen MR) is 65.1 cm³/mol. The van der Waals surface area contributed by atoms with Crippen molar-refractivity contribution in [2.75, 3.05) is 19.0 Å². The SMILES string of the molecule is COC1CNC(C(=O)Nc2ccc(C(F)(F)F)nc2)C1. The second-order valence-corrected chi connectivity index (χ2v) is 4.47. The number of rotatable bonds is 3. The van der Waals surface area contributed by atoms with E-state index in [9.17, 15) is 18.0 Å². The fraction of sp³-hybridized carbons (Fsp3) is 0.500. The third-order valence-electron chi connectivity index (χ3n) is 3.06. The van der Waals surface area contributed by atoms with E-state index in [4.69, 9.17) is 4.74 Å².